The summed E-state index contributed by atoms with van der Waals surface area (Å²) in [5, 5.41) is 8.32. The number of nitrogens with zero attached hydrogens (tertiary/aromatic N) is 2. The molecular formula is C20H25N3O2Si. The second kappa shape index (κ2) is 7.84. The van der Waals surface area contributed by atoms with Gasteiger partial charge in [-0.1, -0.05) is 56.0 Å². The van der Waals surface area contributed by atoms with Crippen molar-refractivity contribution >= 4 is 30.6 Å². The molecule has 0 saturated carbocycles. The van der Waals surface area contributed by atoms with Gasteiger partial charge in [-0.2, -0.15) is 5.10 Å². The van der Waals surface area contributed by atoms with Crippen LogP contribution in [0.15, 0.2) is 54.6 Å². The molecule has 0 fully saturated rings. The fourth-order valence-electron chi connectivity index (χ4n) is 2.65. The number of carbonyl (C=O) groups excluding carboxylic acids is 1. The summed E-state index contributed by atoms with van der Waals surface area (Å²) in [5.74, 6) is -0.182. The quantitative estimate of drug-likeness (QED) is 0.490. The summed E-state index contributed by atoms with van der Waals surface area (Å²) in [6.07, 6.45) is 0. The molecule has 0 unspecified atom stereocenters. The van der Waals surface area contributed by atoms with Gasteiger partial charge in [0.05, 0.1) is 5.52 Å². The number of ether oxygens (including phenoxy) is 1. The second-order valence-electron chi connectivity index (χ2n) is 7.53. The van der Waals surface area contributed by atoms with Crippen molar-refractivity contribution in [1.29, 1.82) is 0 Å². The lowest BCUT2D eigenvalue weighted by Crippen LogP contribution is -2.23. The number of benzene rings is 2. The molecule has 3 rings (SSSR count). The minimum atomic E-state index is -1.15. The lowest BCUT2D eigenvalue weighted by molar-refractivity contribution is 0.0742. The molecular weight excluding hydrogens is 342 g/mol. The van der Waals surface area contributed by atoms with Crippen LogP contribution in [-0.2, 0) is 11.5 Å². The summed E-state index contributed by atoms with van der Waals surface area (Å²) in [6.45, 7) is 7.91. The van der Waals surface area contributed by atoms with Gasteiger partial charge in [0.25, 0.3) is 5.91 Å². The van der Waals surface area contributed by atoms with E-state index in [0.717, 1.165) is 22.6 Å². The maximum atomic E-state index is 12.9. The Bertz CT molecular complexity index is 885. The third kappa shape index (κ3) is 4.59. The number of para-hydroxylation sites is 1. The molecule has 5 nitrogen and oxygen atoms in total. The van der Waals surface area contributed by atoms with Crippen molar-refractivity contribution in [3.8, 4) is 0 Å². The van der Waals surface area contributed by atoms with Gasteiger partial charge in [-0.05, 0) is 24.2 Å². The summed E-state index contributed by atoms with van der Waals surface area (Å²) < 4.78 is 7.48. The van der Waals surface area contributed by atoms with Gasteiger partial charge < -0.3 is 10.1 Å². The smallest absolute Gasteiger partial charge is 0.274 e. The summed E-state index contributed by atoms with van der Waals surface area (Å²) in [7, 11) is -1.15. The molecule has 0 saturated heterocycles. The summed E-state index contributed by atoms with van der Waals surface area (Å²) in [6, 6.07) is 18.2. The maximum Gasteiger partial charge on any atom is 0.274 e. The van der Waals surface area contributed by atoms with Gasteiger partial charge in [-0.15, -0.1) is 0 Å². The number of anilines is 1. The number of nitrogens with one attached hydrogen (secondary N) is 1. The molecule has 2 aromatic carbocycles. The van der Waals surface area contributed by atoms with Crippen molar-refractivity contribution < 1.29 is 9.53 Å². The topological polar surface area (TPSA) is 56.2 Å². The number of aromatic nitrogens is 2. The fraction of sp³-hybridized carbons (Fsp3) is 0.300. The first-order chi connectivity index (χ1) is 12.4. The number of rotatable bonds is 7. The number of amides is 1. The van der Waals surface area contributed by atoms with Gasteiger partial charge >= 0.3 is 0 Å². The summed E-state index contributed by atoms with van der Waals surface area (Å²) in [5.41, 5.74) is 2.07. The van der Waals surface area contributed by atoms with E-state index >= 15 is 0 Å². The Balaban J connectivity index is 1.81. The Morgan fingerprint density at radius 1 is 1.08 bits per heavy atom. The fourth-order valence-corrected chi connectivity index (χ4v) is 3.41. The molecule has 0 aliphatic rings. The molecule has 0 atom stereocenters. The number of hydrogen-bond acceptors (Lipinski definition) is 3. The lowest BCUT2D eigenvalue weighted by Gasteiger charge is -2.15. The molecule has 3 aromatic rings. The van der Waals surface area contributed by atoms with Crippen LogP contribution < -0.4 is 5.32 Å². The minimum absolute atomic E-state index is 0.182. The van der Waals surface area contributed by atoms with Crippen LogP contribution in [0.1, 0.15) is 10.5 Å². The number of fused-ring (bicyclic) bond motifs is 1. The average Bonchev–Trinajstić information content (AvgIpc) is 2.97. The first-order valence-corrected chi connectivity index (χ1v) is 12.5. The zero-order valence-electron chi connectivity index (χ0n) is 15.5. The van der Waals surface area contributed by atoms with Crippen molar-refractivity contribution in [2.45, 2.75) is 32.4 Å². The largest absolute Gasteiger partial charge is 0.360 e. The zero-order chi connectivity index (χ0) is 18.6. The molecule has 0 spiro atoms. The number of hydrogen-bond donors (Lipinski definition) is 1. The Labute approximate surface area is 155 Å². The molecule has 0 bridgehead atoms. The highest BCUT2D eigenvalue weighted by molar-refractivity contribution is 6.76. The molecule has 0 aliphatic heterocycles. The van der Waals surface area contributed by atoms with E-state index in [1.165, 1.54) is 0 Å². The van der Waals surface area contributed by atoms with Gasteiger partial charge in [-0.3, -0.25) is 4.79 Å². The Hall–Kier alpha value is -2.44. The summed E-state index contributed by atoms with van der Waals surface area (Å²) in [4.78, 5) is 12.9. The van der Waals surface area contributed by atoms with E-state index in [9.17, 15) is 4.79 Å². The van der Waals surface area contributed by atoms with Crippen LogP contribution in [0.25, 0.3) is 10.9 Å². The van der Waals surface area contributed by atoms with Crippen LogP contribution >= 0.6 is 0 Å². The van der Waals surface area contributed by atoms with Crippen molar-refractivity contribution in [2.75, 3.05) is 11.9 Å². The second-order valence-corrected chi connectivity index (χ2v) is 13.2. The molecule has 1 amide bonds. The zero-order valence-corrected chi connectivity index (χ0v) is 16.5. The molecule has 0 aliphatic carbocycles. The van der Waals surface area contributed by atoms with E-state index in [1.54, 1.807) is 4.68 Å². The highest BCUT2D eigenvalue weighted by Crippen LogP contribution is 2.20. The number of carbonyl (C=O) groups is 1. The Kier molecular flexibility index (Phi) is 5.54. The molecule has 26 heavy (non-hydrogen) atoms. The third-order valence-corrected chi connectivity index (χ3v) is 5.81. The average molecular weight is 368 g/mol. The molecule has 136 valence electrons. The van der Waals surface area contributed by atoms with E-state index in [0.29, 0.717) is 12.3 Å². The van der Waals surface area contributed by atoms with Crippen LogP contribution in [0, 0.1) is 0 Å². The molecule has 6 heteroatoms. The van der Waals surface area contributed by atoms with Gasteiger partial charge in [0.2, 0.25) is 0 Å². The minimum Gasteiger partial charge on any atom is -0.360 e. The van der Waals surface area contributed by atoms with Crippen LogP contribution in [-0.4, -0.2) is 30.4 Å². The molecule has 1 N–H and O–H groups in total. The van der Waals surface area contributed by atoms with E-state index < -0.39 is 8.07 Å². The van der Waals surface area contributed by atoms with E-state index in [4.69, 9.17) is 4.74 Å². The lowest BCUT2D eigenvalue weighted by atomic mass is 10.2. The predicted octanol–water partition coefficient (Wildman–Crippen LogP) is 4.60. The molecule has 0 radical (unpaired) electrons. The van der Waals surface area contributed by atoms with Crippen molar-refractivity contribution in [3.63, 3.8) is 0 Å². The SMILES string of the molecule is C[Si](C)(C)CCOCn1nc2ccccc2c1C(=O)Nc1ccccc1. The summed E-state index contributed by atoms with van der Waals surface area (Å²) >= 11 is 0. The van der Waals surface area contributed by atoms with Crippen LogP contribution in [0.5, 0.6) is 0 Å². The van der Waals surface area contributed by atoms with Crippen molar-refractivity contribution in [1.82, 2.24) is 9.78 Å². The standard InChI is InChI=1S/C20H25N3O2Si/c1-26(2,3)14-13-25-15-23-19(17-11-7-8-12-18(17)22-23)20(24)21-16-9-5-4-6-10-16/h4-12H,13-15H2,1-3H3,(H,21,24). The van der Waals surface area contributed by atoms with Gasteiger partial charge in [0, 0.05) is 25.8 Å². The van der Waals surface area contributed by atoms with E-state index in [1.807, 2.05) is 54.6 Å². The highest BCUT2D eigenvalue weighted by atomic mass is 28.3. The van der Waals surface area contributed by atoms with Crippen LogP contribution in [0.4, 0.5) is 5.69 Å². The predicted molar refractivity (Wildman–Crippen MR) is 108 cm³/mol. The first kappa shape index (κ1) is 18.4. The maximum absolute atomic E-state index is 12.9. The van der Waals surface area contributed by atoms with Crippen LogP contribution in [0.2, 0.25) is 25.7 Å². The van der Waals surface area contributed by atoms with Gasteiger partial charge in [0.1, 0.15) is 12.4 Å². The molecule has 1 aromatic heterocycles. The van der Waals surface area contributed by atoms with Crippen molar-refractivity contribution in [3.05, 3.63) is 60.3 Å². The third-order valence-electron chi connectivity index (χ3n) is 4.10. The first-order valence-electron chi connectivity index (χ1n) is 8.84. The molecule has 1 heterocycles. The van der Waals surface area contributed by atoms with Gasteiger partial charge in [-0.25, -0.2) is 4.68 Å². The Morgan fingerprint density at radius 3 is 2.50 bits per heavy atom. The van der Waals surface area contributed by atoms with E-state index in [-0.39, 0.29) is 12.6 Å². The van der Waals surface area contributed by atoms with Gasteiger partial charge in [0.15, 0.2) is 0 Å². The van der Waals surface area contributed by atoms with Crippen LogP contribution in [0.3, 0.4) is 0 Å². The highest BCUT2D eigenvalue weighted by Gasteiger charge is 2.19. The van der Waals surface area contributed by atoms with Crippen molar-refractivity contribution in [2.24, 2.45) is 0 Å². The monoisotopic (exact) mass is 367 g/mol. The Morgan fingerprint density at radius 2 is 1.77 bits per heavy atom. The van der Waals surface area contributed by atoms with E-state index in [2.05, 4.69) is 30.1 Å². The normalized spacial score (nSPS) is 11.7.